The van der Waals surface area contributed by atoms with Crippen LogP contribution in [0.3, 0.4) is 0 Å². The summed E-state index contributed by atoms with van der Waals surface area (Å²) in [5.74, 6) is -4.10. The molecule has 0 bridgehead atoms. The number of piperazine rings is 1. The van der Waals surface area contributed by atoms with Gasteiger partial charge in [0.2, 0.25) is 11.7 Å². The summed E-state index contributed by atoms with van der Waals surface area (Å²) >= 11 is 0. The molecule has 0 spiro atoms. The van der Waals surface area contributed by atoms with E-state index in [9.17, 15) is 49.5 Å². The number of allylic oxidation sites excluding steroid dienone is 1. The number of likely N-dealkylation sites (N-methyl/N-ethyl adjacent to an activating group) is 1. The Kier molecular flexibility index (Phi) is 12.1. The fraction of sp³-hybridized carbons (Fsp3) is 0.558. The summed E-state index contributed by atoms with van der Waals surface area (Å²) in [5.41, 5.74) is -4.87. The highest BCUT2D eigenvalue weighted by atomic mass is 16.6. The lowest BCUT2D eigenvalue weighted by molar-refractivity contribution is -0.181. The van der Waals surface area contributed by atoms with Gasteiger partial charge in [0.25, 0.3) is 0 Å². The van der Waals surface area contributed by atoms with Gasteiger partial charge >= 0.3 is 6.09 Å². The predicted octanol–water partition coefficient (Wildman–Crippen LogP) is 1.70. The summed E-state index contributed by atoms with van der Waals surface area (Å²) < 4.78 is 23.4. The molecule has 7 rings (SSSR count). The average Bonchev–Trinajstić information content (AvgIpc) is 3.22. The van der Waals surface area contributed by atoms with Crippen LogP contribution in [0.25, 0.3) is 0 Å². The van der Waals surface area contributed by atoms with Crippen LogP contribution in [0, 0.1) is 5.41 Å². The van der Waals surface area contributed by atoms with Crippen LogP contribution in [0.5, 0.6) is 17.2 Å². The van der Waals surface area contributed by atoms with Gasteiger partial charge in [-0.1, -0.05) is 25.1 Å². The van der Waals surface area contributed by atoms with Gasteiger partial charge < -0.3 is 59.6 Å². The van der Waals surface area contributed by atoms with Crippen molar-refractivity contribution < 1.29 is 68.5 Å². The molecule has 2 heterocycles. The number of aliphatic hydroxyl groups excluding tert-OH is 2. The number of aliphatic hydroxyl groups is 3. The lowest BCUT2D eigenvalue weighted by Crippen LogP contribution is -2.61. The molecule has 17 heteroatoms. The third kappa shape index (κ3) is 7.78. The van der Waals surface area contributed by atoms with Crippen LogP contribution in [0.1, 0.15) is 95.0 Å². The SMILES string of the molecule is COc1cccc2c1C(=O)c1c(O)c3c(c(O)c1C2=O)C[C@@](O)(C(=O)CO)C[C@@H]3O[C@@H]1COC(C)[C@@H](O)C1NC(=O)O[C@@H]1/C=C/CC[C@](C)(C(=O)N2CCN(C)CC2)CC1. The molecule has 2 aromatic carbocycles. The average molecular weight is 836 g/mol. The second kappa shape index (κ2) is 16.9. The van der Waals surface area contributed by atoms with E-state index in [4.69, 9.17) is 18.9 Å². The topological polar surface area (TPSA) is 242 Å². The maximum Gasteiger partial charge on any atom is 0.408 e. The first-order valence-electron chi connectivity index (χ1n) is 20.3. The lowest BCUT2D eigenvalue weighted by Gasteiger charge is -2.44. The molecule has 2 aromatic rings. The largest absolute Gasteiger partial charge is 0.507 e. The molecule has 0 aromatic heterocycles. The van der Waals surface area contributed by atoms with Gasteiger partial charge in [0.1, 0.15) is 47.8 Å². The van der Waals surface area contributed by atoms with Gasteiger partial charge in [-0.15, -0.1) is 0 Å². The Balaban J connectivity index is 1.15. The van der Waals surface area contributed by atoms with Crippen molar-refractivity contribution in [3.8, 4) is 17.2 Å². The number of alkyl carbamates (subject to hydrolysis) is 1. The van der Waals surface area contributed by atoms with E-state index in [1.165, 1.54) is 25.3 Å². The normalized spacial score (nSPS) is 31.1. The van der Waals surface area contributed by atoms with E-state index in [1.807, 2.05) is 24.9 Å². The summed E-state index contributed by atoms with van der Waals surface area (Å²) in [4.78, 5) is 72.4. The second-order valence-electron chi connectivity index (χ2n) is 16.8. The first-order chi connectivity index (χ1) is 28.5. The highest BCUT2D eigenvalue weighted by Crippen LogP contribution is 2.52. The van der Waals surface area contributed by atoms with E-state index >= 15 is 0 Å². The standard InChI is InChI=1S/C43H53N3O14/c1-22-35(49)34(44-41(55)59-23-8-5-6-12-42(2,13-11-23)40(54)46-16-14-45(3)15-17-46)28(21-58-22)60-27-19-43(56,29(48)20-47)18-25-31(27)39(53)33-32(37(25)51)36(50)24-9-7-10-26(57-4)30(24)38(33)52/h5,7-10,22-23,27-28,34-35,47,49,51,53,56H,6,11-21H2,1-4H3,(H,44,55)/b8-5+/t22?,23-,27+,28-,34?,35-,42+,43+/m1/s1. The number of Topliss-reactive ketones (excluding diaryl/α,β-unsaturated/α-hetero) is 1. The summed E-state index contributed by atoms with van der Waals surface area (Å²) in [5, 5.41) is 59.2. The summed E-state index contributed by atoms with van der Waals surface area (Å²) in [7, 11) is 3.33. The number of hydrogen-bond acceptors (Lipinski definition) is 15. The number of carbonyl (C=O) groups is 5. The van der Waals surface area contributed by atoms with Crippen molar-refractivity contribution in [2.75, 3.05) is 53.6 Å². The molecule has 2 amide bonds. The lowest BCUT2D eigenvalue weighted by atomic mass is 9.71. The van der Waals surface area contributed by atoms with Crippen LogP contribution < -0.4 is 10.1 Å². The Morgan fingerprint density at radius 3 is 2.43 bits per heavy atom. The molecule has 2 fully saturated rings. The van der Waals surface area contributed by atoms with E-state index in [2.05, 4.69) is 10.2 Å². The molecule has 2 unspecified atom stereocenters. The third-order valence-corrected chi connectivity index (χ3v) is 12.9. The molecule has 3 aliphatic carbocycles. The van der Waals surface area contributed by atoms with Crippen molar-refractivity contribution in [3.63, 3.8) is 0 Å². The predicted molar refractivity (Wildman–Crippen MR) is 211 cm³/mol. The van der Waals surface area contributed by atoms with Crippen LogP contribution in [0.2, 0.25) is 0 Å². The number of carbonyl (C=O) groups excluding carboxylic acids is 5. The monoisotopic (exact) mass is 835 g/mol. The Morgan fingerprint density at radius 1 is 1.02 bits per heavy atom. The van der Waals surface area contributed by atoms with Crippen molar-refractivity contribution in [1.82, 2.24) is 15.1 Å². The van der Waals surface area contributed by atoms with Gasteiger partial charge in [-0.25, -0.2) is 4.79 Å². The van der Waals surface area contributed by atoms with Crippen LogP contribution in [0.15, 0.2) is 30.4 Å². The number of ether oxygens (including phenoxy) is 4. The minimum atomic E-state index is -2.39. The number of amides is 2. The molecule has 5 aliphatic rings. The van der Waals surface area contributed by atoms with Gasteiger partial charge in [-0.05, 0) is 51.8 Å². The highest BCUT2D eigenvalue weighted by molar-refractivity contribution is 6.31. The molecule has 0 radical (unpaired) electrons. The van der Waals surface area contributed by atoms with Crippen molar-refractivity contribution in [3.05, 3.63) is 63.7 Å². The Bertz CT molecular complexity index is 2100. The zero-order chi connectivity index (χ0) is 43.3. The molecule has 0 saturated carbocycles. The van der Waals surface area contributed by atoms with Crippen molar-refractivity contribution in [2.45, 2.75) is 94.5 Å². The van der Waals surface area contributed by atoms with Crippen LogP contribution in [0.4, 0.5) is 4.79 Å². The minimum absolute atomic E-state index is 0.0511. The number of nitrogens with one attached hydrogen (secondary N) is 1. The first kappa shape index (κ1) is 43.2. The summed E-state index contributed by atoms with van der Waals surface area (Å²) in [6, 6.07) is 3.08. The highest BCUT2D eigenvalue weighted by Gasteiger charge is 2.51. The van der Waals surface area contributed by atoms with Gasteiger partial charge in [0, 0.05) is 61.1 Å². The number of ketones is 3. The number of rotatable bonds is 8. The van der Waals surface area contributed by atoms with E-state index < -0.39 is 113 Å². The number of methoxy groups -OCH3 is 1. The molecule has 324 valence electrons. The number of aromatic hydroxyl groups is 2. The van der Waals surface area contributed by atoms with E-state index in [0.29, 0.717) is 38.8 Å². The maximum absolute atomic E-state index is 14.1. The molecular formula is C43H53N3O14. The van der Waals surface area contributed by atoms with Gasteiger partial charge in [0.05, 0.1) is 48.7 Å². The zero-order valence-corrected chi connectivity index (χ0v) is 34.1. The number of phenols is 2. The molecule has 2 saturated heterocycles. The molecule has 60 heavy (non-hydrogen) atoms. The Labute approximate surface area is 346 Å². The number of benzene rings is 2. The van der Waals surface area contributed by atoms with Crippen molar-refractivity contribution in [1.29, 1.82) is 0 Å². The first-order valence-corrected chi connectivity index (χ1v) is 20.3. The summed E-state index contributed by atoms with van der Waals surface area (Å²) in [6.07, 6.45) is -2.16. The number of fused-ring (bicyclic) bond motifs is 3. The quantitative estimate of drug-likeness (QED) is 0.140. The molecule has 8 atom stereocenters. The van der Waals surface area contributed by atoms with Crippen LogP contribution >= 0.6 is 0 Å². The van der Waals surface area contributed by atoms with E-state index in [1.54, 1.807) is 13.0 Å². The number of phenolic OH excluding ortho intramolecular Hbond substituents is 2. The van der Waals surface area contributed by atoms with Gasteiger partial charge in [0.15, 0.2) is 11.6 Å². The molecular weight excluding hydrogens is 782 g/mol. The minimum Gasteiger partial charge on any atom is -0.507 e. The number of hydrogen-bond donors (Lipinski definition) is 6. The molecule has 17 nitrogen and oxygen atoms in total. The van der Waals surface area contributed by atoms with E-state index in [0.717, 1.165) is 13.1 Å². The summed E-state index contributed by atoms with van der Waals surface area (Å²) in [6.45, 7) is 5.05. The fourth-order valence-electron chi connectivity index (χ4n) is 9.21. The molecule has 6 N–H and O–H groups in total. The Morgan fingerprint density at radius 2 is 1.73 bits per heavy atom. The second-order valence-corrected chi connectivity index (χ2v) is 16.8. The number of nitrogens with zero attached hydrogens (tertiary/aromatic N) is 2. The zero-order valence-electron chi connectivity index (χ0n) is 34.1. The maximum atomic E-state index is 14.1. The third-order valence-electron chi connectivity index (χ3n) is 12.9. The van der Waals surface area contributed by atoms with Gasteiger partial charge in [-0.2, -0.15) is 0 Å². The van der Waals surface area contributed by atoms with Gasteiger partial charge in [-0.3, -0.25) is 19.2 Å². The molecule has 2 aliphatic heterocycles. The van der Waals surface area contributed by atoms with E-state index in [-0.39, 0.29) is 40.5 Å². The smallest absolute Gasteiger partial charge is 0.408 e. The van der Waals surface area contributed by atoms with Crippen molar-refractivity contribution in [2.24, 2.45) is 5.41 Å². The van der Waals surface area contributed by atoms with Crippen LogP contribution in [-0.2, 0) is 30.2 Å². The van der Waals surface area contributed by atoms with Crippen molar-refractivity contribution >= 4 is 29.4 Å². The fourth-order valence-corrected chi connectivity index (χ4v) is 9.21. The van der Waals surface area contributed by atoms with Crippen LogP contribution in [-0.4, -0.2) is 154 Å². The Hall–Kier alpha value is -4.91.